The molecule has 2 aromatic rings. The van der Waals surface area contributed by atoms with E-state index in [2.05, 4.69) is 10.3 Å². The molecule has 0 saturated heterocycles. The third kappa shape index (κ3) is 1.91. The standard InChI is InChI=1S/C12H13N3O2/c1-3-13-10-6-7-14-12-8(2)11(15(16)17)5-4-9(10)12/h4-7H,3H2,1-2H3,(H,13,14). The Morgan fingerprint density at radius 2 is 2.18 bits per heavy atom. The van der Waals surface area contributed by atoms with Gasteiger partial charge in [0.25, 0.3) is 5.69 Å². The Hall–Kier alpha value is -2.17. The van der Waals surface area contributed by atoms with Gasteiger partial charge in [-0.05, 0) is 26.0 Å². The Labute approximate surface area is 98.6 Å². The largest absolute Gasteiger partial charge is 0.385 e. The molecule has 0 amide bonds. The summed E-state index contributed by atoms with van der Waals surface area (Å²) >= 11 is 0. The number of nitro benzene ring substituents is 1. The van der Waals surface area contributed by atoms with Gasteiger partial charge in [-0.25, -0.2) is 0 Å². The Bertz CT molecular complexity index is 581. The monoisotopic (exact) mass is 231 g/mol. The molecule has 0 aliphatic heterocycles. The molecule has 0 radical (unpaired) electrons. The number of nitrogens with zero attached hydrogens (tertiary/aromatic N) is 2. The first kappa shape index (κ1) is 11.3. The predicted octanol–water partition coefficient (Wildman–Crippen LogP) is 2.88. The van der Waals surface area contributed by atoms with E-state index in [-0.39, 0.29) is 10.6 Å². The van der Waals surface area contributed by atoms with Crippen LogP contribution in [0.5, 0.6) is 0 Å². The minimum atomic E-state index is -0.379. The second kappa shape index (κ2) is 4.37. The summed E-state index contributed by atoms with van der Waals surface area (Å²) in [6, 6.07) is 5.14. The molecule has 0 unspecified atom stereocenters. The number of aromatic nitrogens is 1. The second-order valence-electron chi connectivity index (χ2n) is 3.75. The molecule has 0 saturated carbocycles. The lowest BCUT2D eigenvalue weighted by Crippen LogP contribution is -1.99. The molecule has 5 heteroatoms. The maximum absolute atomic E-state index is 10.8. The van der Waals surface area contributed by atoms with Gasteiger partial charge in [0.05, 0.1) is 16.0 Å². The molecular formula is C12H13N3O2. The lowest BCUT2D eigenvalue weighted by molar-refractivity contribution is -0.385. The van der Waals surface area contributed by atoms with E-state index in [1.807, 2.05) is 13.0 Å². The number of hydrogen-bond donors (Lipinski definition) is 1. The van der Waals surface area contributed by atoms with Gasteiger partial charge >= 0.3 is 0 Å². The molecule has 0 aliphatic rings. The number of nitrogens with one attached hydrogen (secondary N) is 1. The molecule has 88 valence electrons. The van der Waals surface area contributed by atoms with Crippen LogP contribution in [-0.2, 0) is 0 Å². The number of nitro groups is 1. The zero-order valence-corrected chi connectivity index (χ0v) is 9.73. The molecule has 0 atom stereocenters. The van der Waals surface area contributed by atoms with Crippen molar-refractivity contribution in [3.63, 3.8) is 0 Å². The van der Waals surface area contributed by atoms with E-state index in [0.717, 1.165) is 17.6 Å². The van der Waals surface area contributed by atoms with E-state index in [4.69, 9.17) is 0 Å². The fourth-order valence-corrected chi connectivity index (χ4v) is 1.89. The van der Waals surface area contributed by atoms with Gasteiger partial charge < -0.3 is 5.32 Å². The molecule has 2 rings (SSSR count). The Morgan fingerprint density at radius 3 is 2.82 bits per heavy atom. The molecule has 1 aromatic heterocycles. The van der Waals surface area contributed by atoms with Crippen LogP contribution in [-0.4, -0.2) is 16.5 Å². The average Bonchev–Trinajstić information content (AvgIpc) is 2.30. The van der Waals surface area contributed by atoms with Crippen molar-refractivity contribution in [1.82, 2.24) is 4.98 Å². The minimum Gasteiger partial charge on any atom is -0.385 e. The summed E-state index contributed by atoms with van der Waals surface area (Å²) in [6.07, 6.45) is 1.66. The van der Waals surface area contributed by atoms with Crippen LogP contribution in [0.4, 0.5) is 11.4 Å². The molecule has 0 fully saturated rings. The van der Waals surface area contributed by atoms with E-state index < -0.39 is 0 Å². The molecular weight excluding hydrogens is 218 g/mol. The van der Waals surface area contributed by atoms with Crippen molar-refractivity contribution in [2.75, 3.05) is 11.9 Å². The van der Waals surface area contributed by atoms with Gasteiger partial charge in [-0.2, -0.15) is 0 Å². The van der Waals surface area contributed by atoms with Crippen molar-refractivity contribution in [1.29, 1.82) is 0 Å². The third-order valence-electron chi connectivity index (χ3n) is 2.70. The van der Waals surface area contributed by atoms with E-state index >= 15 is 0 Å². The van der Waals surface area contributed by atoms with Gasteiger partial charge in [-0.15, -0.1) is 0 Å². The highest BCUT2D eigenvalue weighted by Crippen LogP contribution is 2.29. The molecule has 1 aromatic carbocycles. The fourth-order valence-electron chi connectivity index (χ4n) is 1.89. The number of hydrogen-bond acceptors (Lipinski definition) is 4. The third-order valence-corrected chi connectivity index (χ3v) is 2.70. The fraction of sp³-hybridized carbons (Fsp3) is 0.250. The van der Waals surface area contributed by atoms with Crippen LogP contribution in [0.1, 0.15) is 12.5 Å². The lowest BCUT2D eigenvalue weighted by Gasteiger charge is -2.08. The smallest absolute Gasteiger partial charge is 0.274 e. The van der Waals surface area contributed by atoms with Gasteiger partial charge in [0.2, 0.25) is 0 Å². The van der Waals surface area contributed by atoms with Crippen LogP contribution in [0, 0.1) is 17.0 Å². The summed E-state index contributed by atoms with van der Waals surface area (Å²) < 4.78 is 0. The highest BCUT2D eigenvalue weighted by molar-refractivity contribution is 5.94. The van der Waals surface area contributed by atoms with Gasteiger partial charge in [0.15, 0.2) is 0 Å². The maximum atomic E-state index is 10.8. The quantitative estimate of drug-likeness (QED) is 0.651. The SMILES string of the molecule is CCNc1ccnc2c(C)c([N+](=O)[O-])ccc12. The first-order chi connectivity index (χ1) is 8.15. The van der Waals surface area contributed by atoms with Crippen molar-refractivity contribution < 1.29 is 4.92 Å². The zero-order valence-electron chi connectivity index (χ0n) is 9.73. The predicted molar refractivity (Wildman–Crippen MR) is 67.3 cm³/mol. The van der Waals surface area contributed by atoms with Crippen molar-refractivity contribution in [3.8, 4) is 0 Å². The first-order valence-electron chi connectivity index (χ1n) is 5.41. The normalized spacial score (nSPS) is 10.5. The molecule has 5 nitrogen and oxygen atoms in total. The van der Waals surface area contributed by atoms with Gasteiger partial charge in [-0.1, -0.05) is 0 Å². The highest BCUT2D eigenvalue weighted by atomic mass is 16.6. The van der Waals surface area contributed by atoms with Crippen molar-refractivity contribution in [2.45, 2.75) is 13.8 Å². The first-order valence-corrected chi connectivity index (χ1v) is 5.41. The number of anilines is 1. The topological polar surface area (TPSA) is 68.1 Å². The molecule has 17 heavy (non-hydrogen) atoms. The van der Waals surface area contributed by atoms with E-state index in [9.17, 15) is 10.1 Å². The Morgan fingerprint density at radius 1 is 1.41 bits per heavy atom. The Kier molecular flexibility index (Phi) is 2.91. The molecule has 0 aliphatic carbocycles. The summed E-state index contributed by atoms with van der Waals surface area (Å²) in [5.74, 6) is 0. The molecule has 1 heterocycles. The second-order valence-corrected chi connectivity index (χ2v) is 3.75. The van der Waals surface area contributed by atoms with E-state index in [1.165, 1.54) is 6.07 Å². The number of benzene rings is 1. The summed E-state index contributed by atoms with van der Waals surface area (Å²) in [6.45, 7) is 4.53. The zero-order chi connectivity index (χ0) is 12.4. The Balaban J connectivity index is 2.71. The van der Waals surface area contributed by atoms with Crippen LogP contribution in [0.15, 0.2) is 24.4 Å². The minimum absolute atomic E-state index is 0.110. The summed E-state index contributed by atoms with van der Waals surface area (Å²) in [4.78, 5) is 14.7. The summed E-state index contributed by atoms with van der Waals surface area (Å²) in [5.41, 5.74) is 2.35. The van der Waals surface area contributed by atoms with Gasteiger partial charge in [0.1, 0.15) is 0 Å². The van der Waals surface area contributed by atoms with Gasteiger partial charge in [-0.3, -0.25) is 15.1 Å². The van der Waals surface area contributed by atoms with Crippen LogP contribution in [0.3, 0.4) is 0 Å². The summed E-state index contributed by atoms with van der Waals surface area (Å²) in [5, 5.41) is 15.0. The number of pyridine rings is 1. The van der Waals surface area contributed by atoms with Crippen LogP contribution >= 0.6 is 0 Å². The molecule has 1 N–H and O–H groups in total. The van der Waals surface area contributed by atoms with Crippen LogP contribution < -0.4 is 5.32 Å². The van der Waals surface area contributed by atoms with Crippen molar-refractivity contribution in [2.24, 2.45) is 0 Å². The number of rotatable bonds is 3. The van der Waals surface area contributed by atoms with Crippen LogP contribution in [0.2, 0.25) is 0 Å². The van der Waals surface area contributed by atoms with Crippen molar-refractivity contribution >= 4 is 22.3 Å². The number of aryl methyl sites for hydroxylation is 1. The lowest BCUT2D eigenvalue weighted by atomic mass is 10.1. The highest BCUT2D eigenvalue weighted by Gasteiger charge is 2.14. The number of fused-ring (bicyclic) bond motifs is 1. The molecule has 0 spiro atoms. The average molecular weight is 231 g/mol. The van der Waals surface area contributed by atoms with Crippen LogP contribution in [0.25, 0.3) is 10.9 Å². The summed E-state index contributed by atoms with van der Waals surface area (Å²) in [7, 11) is 0. The maximum Gasteiger partial charge on any atom is 0.274 e. The molecule has 0 bridgehead atoms. The van der Waals surface area contributed by atoms with E-state index in [0.29, 0.717) is 11.1 Å². The van der Waals surface area contributed by atoms with Gasteiger partial charge in [0, 0.05) is 29.9 Å². The van der Waals surface area contributed by atoms with Crippen molar-refractivity contribution in [3.05, 3.63) is 40.1 Å². The van der Waals surface area contributed by atoms with E-state index in [1.54, 1.807) is 19.2 Å².